The van der Waals surface area contributed by atoms with Gasteiger partial charge in [0.2, 0.25) is 0 Å². The molecule has 1 N–H and O–H groups in total. The number of hydrogen-bond donors (Lipinski definition) is 1. The number of benzene rings is 1. The predicted octanol–water partition coefficient (Wildman–Crippen LogP) is 4.48. The van der Waals surface area contributed by atoms with E-state index >= 15 is 0 Å². The minimum Gasteiger partial charge on any atom is -0.385 e. The van der Waals surface area contributed by atoms with Crippen molar-refractivity contribution in [3.05, 3.63) is 28.0 Å². The third-order valence-corrected chi connectivity index (χ3v) is 2.92. The van der Waals surface area contributed by atoms with Crippen LogP contribution in [0.1, 0.15) is 20.3 Å². The van der Waals surface area contributed by atoms with Gasteiger partial charge in [0, 0.05) is 12.2 Å². The molecule has 0 unspecified atom stereocenters. The molecule has 17 heavy (non-hydrogen) atoms. The van der Waals surface area contributed by atoms with Crippen LogP contribution in [0, 0.1) is 22.6 Å². The van der Waals surface area contributed by atoms with E-state index in [4.69, 9.17) is 28.5 Å². The third kappa shape index (κ3) is 4.07. The summed E-state index contributed by atoms with van der Waals surface area (Å²) in [5, 5.41) is 11.9. The first-order chi connectivity index (χ1) is 7.85. The molecule has 0 fully saturated rings. The SMILES string of the molecule is CC(C)(C#N)CCNc1cc(Cl)c(F)c(Cl)c1. The number of hydrogen-bond acceptors (Lipinski definition) is 2. The lowest BCUT2D eigenvalue weighted by molar-refractivity contribution is 0.466. The summed E-state index contributed by atoms with van der Waals surface area (Å²) in [6.45, 7) is 4.32. The number of anilines is 1. The Morgan fingerprint density at radius 1 is 1.35 bits per heavy atom. The van der Waals surface area contributed by atoms with E-state index in [1.807, 2.05) is 13.8 Å². The lowest BCUT2D eigenvalue weighted by atomic mass is 9.91. The zero-order chi connectivity index (χ0) is 13.1. The van der Waals surface area contributed by atoms with Crippen molar-refractivity contribution in [3.8, 4) is 6.07 Å². The summed E-state index contributed by atoms with van der Waals surface area (Å²) in [7, 11) is 0. The molecule has 0 saturated heterocycles. The fourth-order valence-corrected chi connectivity index (χ4v) is 1.72. The normalized spacial score (nSPS) is 11.1. The van der Waals surface area contributed by atoms with Gasteiger partial charge in [-0.1, -0.05) is 23.2 Å². The van der Waals surface area contributed by atoms with E-state index in [9.17, 15) is 4.39 Å². The summed E-state index contributed by atoms with van der Waals surface area (Å²) in [4.78, 5) is 0. The summed E-state index contributed by atoms with van der Waals surface area (Å²) >= 11 is 11.3. The fraction of sp³-hybridized carbons (Fsp3) is 0.417. The third-order valence-electron chi connectivity index (χ3n) is 2.37. The number of nitrogens with one attached hydrogen (secondary N) is 1. The number of rotatable bonds is 4. The number of nitriles is 1. The van der Waals surface area contributed by atoms with Crippen LogP contribution >= 0.6 is 23.2 Å². The number of halogens is 3. The Hall–Kier alpha value is -0.980. The maximum atomic E-state index is 13.1. The molecule has 0 aliphatic heterocycles. The molecule has 2 nitrogen and oxygen atoms in total. The second-order valence-electron chi connectivity index (χ2n) is 4.43. The Labute approximate surface area is 110 Å². The van der Waals surface area contributed by atoms with Crippen molar-refractivity contribution in [2.45, 2.75) is 20.3 Å². The standard InChI is InChI=1S/C12H13Cl2FN2/c1-12(2,7-16)3-4-17-8-5-9(13)11(15)10(14)6-8/h5-6,17H,3-4H2,1-2H3. The molecule has 0 spiro atoms. The second kappa shape index (κ2) is 5.57. The van der Waals surface area contributed by atoms with Crippen molar-refractivity contribution in [2.24, 2.45) is 5.41 Å². The summed E-state index contributed by atoms with van der Waals surface area (Å²) in [6, 6.07) is 5.16. The van der Waals surface area contributed by atoms with Crippen LogP contribution in [0.15, 0.2) is 12.1 Å². The lowest BCUT2D eigenvalue weighted by Crippen LogP contribution is -2.14. The van der Waals surface area contributed by atoms with Crippen LogP contribution in [-0.2, 0) is 0 Å². The van der Waals surface area contributed by atoms with Crippen LogP contribution in [0.2, 0.25) is 10.0 Å². The van der Waals surface area contributed by atoms with Gasteiger partial charge in [0.05, 0.1) is 21.5 Å². The number of nitrogens with zero attached hydrogens (tertiary/aromatic N) is 1. The molecule has 0 heterocycles. The van der Waals surface area contributed by atoms with Gasteiger partial charge in [0.1, 0.15) is 0 Å². The smallest absolute Gasteiger partial charge is 0.160 e. The van der Waals surface area contributed by atoms with Crippen molar-refractivity contribution in [3.63, 3.8) is 0 Å². The molecule has 5 heteroatoms. The zero-order valence-corrected chi connectivity index (χ0v) is 11.2. The lowest BCUT2D eigenvalue weighted by Gasteiger charge is -2.16. The first-order valence-corrected chi connectivity index (χ1v) is 5.91. The minimum absolute atomic E-state index is 0.0143. The highest BCUT2D eigenvalue weighted by Crippen LogP contribution is 2.27. The molecule has 0 saturated carbocycles. The van der Waals surface area contributed by atoms with E-state index in [2.05, 4.69) is 11.4 Å². The van der Waals surface area contributed by atoms with Gasteiger partial charge in [-0.3, -0.25) is 0 Å². The van der Waals surface area contributed by atoms with E-state index in [0.29, 0.717) is 18.7 Å². The van der Waals surface area contributed by atoms with E-state index in [1.165, 1.54) is 12.1 Å². The maximum Gasteiger partial charge on any atom is 0.160 e. The van der Waals surface area contributed by atoms with E-state index in [0.717, 1.165) is 0 Å². The highest BCUT2D eigenvalue weighted by atomic mass is 35.5. The van der Waals surface area contributed by atoms with E-state index < -0.39 is 5.82 Å². The quantitative estimate of drug-likeness (QED) is 0.822. The molecule has 0 atom stereocenters. The highest BCUT2D eigenvalue weighted by Gasteiger charge is 2.16. The van der Waals surface area contributed by atoms with Crippen LogP contribution < -0.4 is 5.32 Å². The van der Waals surface area contributed by atoms with Crippen LogP contribution in [0.5, 0.6) is 0 Å². The average molecular weight is 275 g/mol. The largest absolute Gasteiger partial charge is 0.385 e. The Morgan fingerprint density at radius 3 is 2.35 bits per heavy atom. The first-order valence-electron chi connectivity index (χ1n) is 5.15. The molecule has 92 valence electrons. The van der Waals surface area contributed by atoms with Crippen LogP contribution in [0.25, 0.3) is 0 Å². The van der Waals surface area contributed by atoms with E-state index in [1.54, 1.807) is 0 Å². The van der Waals surface area contributed by atoms with Crippen LogP contribution in [0.4, 0.5) is 10.1 Å². The first kappa shape index (κ1) is 14.1. The van der Waals surface area contributed by atoms with Crippen molar-refractivity contribution < 1.29 is 4.39 Å². The molecule has 0 bridgehead atoms. The van der Waals surface area contributed by atoms with Gasteiger partial charge in [0.25, 0.3) is 0 Å². The summed E-state index contributed by atoms with van der Waals surface area (Å²) in [5.41, 5.74) is 0.260. The topological polar surface area (TPSA) is 35.8 Å². The summed E-state index contributed by atoms with van der Waals surface area (Å²) < 4.78 is 13.1. The summed E-state index contributed by atoms with van der Waals surface area (Å²) in [6.07, 6.45) is 0.677. The molecule has 0 aromatic heterocycles. The minimum atomic E-state index is -0.615. The van der Waals surface area contributed by atoms with Gasteiger partial charge >= 0.3 is 0 Å². The maximum absolute atomic E-state index is 13.1. The van der Waals surface area contributed by atoms with Crippen molar-refractivity contribution in [1.29, 1.82) is 5.26 Å². The Bertz CT molecular complexity index is 429. The van der Waals surface area contributed by atoms with Gasteiger partial charge in [-0.15, -0.1) is 0 Å². The molecule has 0 amide bonds. The Balaban J connectivity index is 2.63. The molecule has 0 aliphatic rings. The van der Waals surface area contributed by atoms with Gasteiger partial charge < -0.3 is 5.32 Å². The predicted molar refractivity (Wildman–Crippen MR) is 68.9 cm³/mol. The molecule has 1 aromatic carbocycles. The summed E-state index contributed by atoms with van der Waals surface area (Å²) in [5.74, 6) is -0.615. The van der Waals surface area contributed by atoms with Crippen molar-refractivity contribution in [1.82, 2.24) is 0 Å². The van der Waals surface area contributed by atoms with Gasteiger partial charge in [-0.05, 0) is 32.4 Å². The highest BCUT2D eigenvalue weighted by molar-refractivity contribution is 6.35. The molecule has 1 rings (SSSR count). The Kier molecular flexibility index (Phi) is 4.62. The molecular weight excluding hydrogens is 262 g/mol. The second-order valence-corrected chi connectivity index (χ2v) is 5.24. The van der Waals surface area contributed by atoms with E-state index in [-0.39, 0.29) is 15.5 Å². The average Bonchev–Trinajstić information content (AvgIpc) is 2.25. The Morgan fingerprint density at radius 2 is 1.88 bits per heavy atom. The molecule has 0 radical (unpaired) electrons. The van der Waals surface area contributed by atoms with Crippen LogP contribution in [-0.4, -0.2) is 6.54 Å². The monoisotopic (exact) mass is 274 g/mol. The van der Waals surface area contributed by atoms with Crippen molar-refractivity contribution >= 4 is 28.9 Å². The molecule has 1 aromatic rings. The van der Waals surface area contributed by atoms with Gasteiger partial charge in [-0.2, -0.15) is 5.26 Å². The van der Waals surface area contributed by atoms with Crippen molar-refractivity contribution in [2.75, 3.05) is 11.9 Å². The molecular formula is C12H13Cl2FN2. The van der Waals surface area contributed by atoms with Gasteiger partial charge in [-0.25, -0.2) is 4.39 Å². The molecule has 0 aliphatic carbocycles. The zero-order valence-electron chi connectivity index (χ0n) is 9.65. The van der Waals surface area contributed by atoms with Crippen LogP contribution in [0.3, 0.4) is 0 Å². The van der Waals surface area contributed by atoms with Gasteiger partial charge in [0.15, 0.2) is 5.82 Å². The fourth-order valence-electron chi connectivity index (χ4n) is 1.23.